The summed E-state index contributed by atoms with van der Waals surface area (Å²) >= 11 is 0. The van der Waals surface area contributed by atoms with Crippen LogP contribution in [0.5, 0.6) is 11.6 Å². The van der Waals surface area contributed by atoms with Crippen molar-refractivity contribution in [2.24, 2.45) is 0 Å². The summed E-state index contributed by atoms with van der Waals surface area (Å²) in [5.41, 5.74) is 4.07. The van der Waals surface area contributed by atoms with Crippen molar-refractivity contribution in [3.63, 3.8) is 0 Å². The number of fused-ring (bicyclic) bond motifs is 3. The lowest BCUT2D eigenvalue weighted by Gasteiger charge is -2.19. The van der Waals surface area contributed by atoms with E-state index in [1.807, 2.05) is 42.6 Å². The molecule has 0 fully saturated rings. The molecule has 0 unspecified atom stereocenters. The Hall–Kier alpha value is -4.26. The number of benzene rings is 2. The van der Waals surface area contributed by atoms with Crippen molar-refractivity contribution in [3.8, 4) is 17.4 Å². The van der Waals surface area contributed by atoms with Gasteiger partial charge in [0, 0.05) is 29.2 Å². The van der Waals surface area contributed by atoms with E-state index >= 15 is 0 Å². The third kappa shape index (κ3) is 3.89. The molecule has 0 bridgehead atoms. The molecule has 6 nitrogen and oxygen atoms in total. The molecule has 1 aliphatic heterocycles. The normalized spacial score (nSPS) is 13.3. The van der Waals surface area contributed by atoms with E-state index in [2.05, 4.69) is 67.0 Å². The Bertz CT molecular complexity index is 1580. The number of rotatable bonds is 4. The number of ether oxygens (including phenoxy) is 1. The predicted octanol–water partition coefficient (Wildman–Crippen LogP) is 5.45. The lowest BCUT2D eigenvalue weighted by Crippen LogP contribution is -2.40. The third-order valence-corrected chi connectivity index (χ3v) is 6.25. The average Bonchev–Trinajstić information content (AvgIpc) is 3.50. The fourth-order valence-electron chi connectivity index (χ4n) is 4.44. The largest absolute Gasteiger partial charge is 0.542 e. The fourth-order valence-corrected chi connectivity index (χ4v) is 4.44. The van der Waals surface area contributed by atoms with Gasteiger partial charge in [-0.2, -0.15) is 4.98 Å². The molecule has 0 saturated carbocycles. The van der Waals surface area contributed by atoms with Gasteiger partial charge in [-0.3, -0.25) is 4.57 Å². The summed E-state index contributed by atoms with van der Waals surface area (Å²) in [6.45, 7) is 6.62. The van der Waals surface area contributed by atoms with Crippen molar-refractivity contribution in [1.29, 1.82) is 0 Å². The van der Waals surface area contributed by atoms with Gasteiger partial charge in [0.05, 0.1) is 11.8 Å². The molecule has 0 spiro atoms. The van der Waals surface area contributed by atoms with Crippen LogP contribution in [0.15, 0.2) is 91.5 Å². The molecule has 5 aromatic rings. The monoisotopic (exact) mass is 460 g/mol. The molecule has 172 valence electrons. The van der Waals surface area contributed by atoms with Crippen LogP contribution in [0.25, 0.3) is 27.8 Å². The second-order valence-corrected chi connectivity index (χ2v) is 9.69. The van der Waals surface area contributed by atoms with Gasteiger partial charge in [-0.25, -0.2) is 4.98 Å². The van der Waals surface area contributed by atoms with E-state index in [1.54, 1.807) is 12.5 Å². The number of hydrogen-bond acceptors (Lipinski definition) is 5. The number of nitrogens with one attached hydrogen (secondary N) is 1. The number of para-hydroxylation sites is 1. The van der Waals surface area contributed by atoms with Gasteiger partial charge in [0.1, 0.15) is 11.6 Å². The van der Waals surface area contributed by atoms with Crippen LogP contribution in [-0.4, -0.2) is 21.6 Å². The van der Waals surface area contributed by atoms with E-state index in [0.717, 1.165) is 33.2 Å². The van der Waals surface area contributed by atoms with Crippen LogP contribution in [0.1, 0.15) is 26.3 Å². The summed E-state index contributed by atoms with van der Waals surface area (Å²) in [5.74, 6) is 2.05. The van der Waals surface area contributed by atoms with Crippen LogP contribution in [0.2, 0.25) is 0 Å². The quantitative estimate of drug-likeness (QED) is 0.362. The van der Waals surface area contributed by atoms with Gasteiger partial charge in [0.2, 0.25) is 5.88 Å². The Morgan fingerprint density at radius 1 is 0.943 bits per heavy atom. The molecule has 35 heavy (non-hydrogen) atoms. The molecule has 3 aromatic heterocycles. The van der Waals surface area contributed by atoms with Crippen LogP contribution in [0.3, 0.4) is 0 Å². The maximum absolute atomic E-state index is 6.20. The SMILES string of the molecule is CC(C)(C)c1ccnc(-n2c3ccccc3c3ccc(Oc4cccc(B5NC=CO5)c4)nc32)c1. The zero-order valence-electron chi connectivity index (χ0n) is 19.9. The zero-order chi connectivity index (χ0) is 24.0. The number of aromatic nitrogens is 3. The van der Waals surface area contributed by atoms with Crippen molar-refractivity contribution in [2.45, 2.75) is 26.2 Å². The first kappa shape index (κ1) is 21.3. The maximum Gasteiger partial charge on any atom is 0.516 e. The standard InChI is InChI=1S/C28H25BN4O2/c1-28(2,3)19-13-14-30-25(17-19)33-24-10-5-4-9-22(24)23-11-12-26(32-27(23)33)35-21-8-6-7-20(18-21)29-31-15-16-34-29/h4-18,31H,1-3H3. The van der Waals surface area contributed by atoms with Crippen LogP contribution in [0.4, 0.5) is 0 Å². The third-order valence-electron chi connectivity index (χ3n) is 6.25. The minimum atomic E-state index is -0.210. The summed E-state index contributed by atoms with van der Waals surface area (Å²) in [6, 6.07) is 24.4. The van der Waals surface area contributed by atoms with Gasteiger partial charge >= 0.3 is 7.05 Å². The predicted molar refractivity (Wildman–Crippen MR) is 140 cm³/mol. The van der Waals surface area contributed by atoms with Gasteiger partial charge < -0.3 is 14.6 Å². The zero-order valence-corrected chi connectivity index (χ0v) is 19.9. The van der Waals surface area contributed by atoms with E-state index in [1.165, 1.54) is 5.56 Å². The molecule has 0 aliphatic carbocycles. The number of pyridine rings is 2. The van der Waals surface area contributed by atoms with Gasteiger partial charge in [0.25, 0.3) is 0 Å². The van der Waals surface area contributed by atoms with Crippen LogP contribution in [-0.2, 0) is 10.1 Å². The molecular formula is C28H25BN4O2. The van der Waals surface area contributed by atoms with Crippen molar-refractivity contribution in [3.05, 3.63) is 97.0 Å². The molecule has 7 heteroatoms. The van der Waals surface area contributed by atoms with E-state index in [4.69, 9.17) is 19.4 Å². The maximum atomic E-state index is 6.20. The van der Waals surface area contributed by atoms with Gasteiger partial charge in [0.15, 0.2) is 5.65 Å². The Morgan fingerprint density at radius 2 is 1.83 bits per heavy atom. The Balaban J connectivity index is 1.46. The summed E-state index contributed by atoms with van der Waals surface area (Å²) in [7, 11) is -0.210. The topological polar surface area (TPSA) is 61.2 Å². The van der Waals surface area contributed by atoms with Gasteiger partial charge in [-0.1, -0.05) is 51.1 Å². The highest BCUT2D eigenvalue weighted by Gasteiger charge is 2.23. The molecule has 4 heterocycles. The summed E-state index contributed by atoms with van der Waals surface area (Å²) in [6.07, 6.45) is 5.31. The first-order valence-electron chi connectivity index (χ1n) is 11.7. The van der Waals surface area contributed by atoms with Gasteiger partial charge in [-0.15, -0.1) is 0 Å². The van der Waals surface area contributed by atoms with Crippen molar-refractivity contribution >= 4 is 34.4 Å². The highest BCUT2D eigenvalue weighted by Crippen LogP contribution is 2.33. The highest BCUT2D eigenvalue weighted by atomic mass is 16.5. The first-order chi connectivity index (χ1) is 17.0. The smallest absolute Gasteiger partial charge is 0.516 e. The van der Waals surface area contributed by atoms with Crippen molar-refractivity contribution < 1.29 is 9.39 Å². The summed E-state index contributed by atoms with van der Waals surface area (Å²) in [4.78, 5) is 9.66. The van der Waals surface area contributed by atoms with E-state index in [-0.39, 0.29) is 12.5 Å². The molecule has 0 amide bonds. The second-order valence-electron chi connectivity index (χ2n) is 9.69. The molecule has 1 aliphatic rings. The summed E-state index contributed by atoms with van der Waals surface area (Å²) < 4.78 is 13.9. The molecule has 0 saturated heterocycles. The Kier molecular flexibility index (Phi) is 4.99. The van der Waals surface area contributed by atoms with Crippen molar-refractivity contribution in [2.75, 3.05) is 0 Å². The number of nitrogens with zero attached hydrogens (tertiary/aromatic N) is 3. The number of hydrogen-bond donors (Lipinski definition) is 1. The molecule has 0 atom stereocenters. The van der Waals surface area contributed by atoms with Crippen molar-refractivity contribution in [1.82, 2.24) is 19.8 Å². The van der Waals surface area contributed by atoms with Crippen LogP contribution >= 0.6 is 0 Å². The molecule has 0 radical (unpaired) electrons. The van der Waals surface area contributed by atoms with E-state index < -0.39 is 0 Å². The molecular weight excluding hydrogens is 435 g/mol. The molecule has 1 N–H and O–H groups in total. The Labute approximate surface area is 204 Å². The minimum Gasteiger partial charge on any atom is -0.542 e. The lowest BCUT2D eigenvalue weighted by molar-refractivity contribution is 0.464. The average molecular weight is 460 g/mol. The van der Waals surface area contributed by atoms with Crippen LogP contribution < -0.4 is 15.4 Å². The lowest BCUT2D eigenvalue weighted by atomic mass is 9.74. The molecule has 6 rings (SSSR count). The van der Waals surface area contributed by atoms with E-state index in [9.17, 15) is 0 Å². The summed E-state index contributed by atoms with van der Waals surface area (Å²) in [5, 5.41) is 5.34. The molecule has 2 aromatic carbocycles. The Morgan fingerprint density at radius 3 is 2.66 bits per heavy atom. The fraction of sp³-hybridized carbons (Fsp3) is 0.143. The first-order valence-corrected chi connectivity index (χ1v) is 11.7. The second kappa shape index (κ2) is 8.20. The minimum absolute atomic E-state index is 0.0105. The van der Waals surface area contributed by atoms with Gasteiger partial charge in [-0.05, 0) is 52.8 Å². The van der Waals surface area contributed by atoms with Crippen LogP contribution in [0, 0.1) is 0 Å². The van der Waals surface area contributed by atoms with E-state index in [0.29, 0.717) is 11.6 Å². The highest BCUT2D eigenvalue weighted by molar-refractivity contribution is 6.66.